The Labute approximate surface area is 147 Å². The molecule has 6 nitrogen and oxygen atoms in total. The molecule has 0 radical (unpaired) electrons. The fourth-order valence-electron chi connectivity index (χ4n) is 3.51. The first-order valence-electron chi connectivity index (χ1n) is 8.78. The Bertz CT molecular complexity index is 836. The third-order valence-corrected chi connectivity index (χ3v) is 4.87. The molecule has 1 atom stereocenters. The van der Waals surface area contributed by atoms with Gasteiger partial charge in [0.2, 0.25) is 11.7 Å². The molecule has 1 fully saturated rings. The van der Waals surface area contributed by atoms with E-state index in [4.69, 9.17) is 4.52 Å². The summed E-state index contributed by atoms with van der Waals surface area (Å²) < 4.78 is 7.60. The number of likely N-dealkylation sites (tertiary alicyclic amines) is 1. The van der Waals surface area contributed by atoms with E-state index in [1.807, 2.05) is 24.5 Å². The summed E-state index contributed by atoms with van der Waals surface area (Å²) in [7, 11) is 2.06. The van der Waals surface area contributed by atoms with E-state index in [-0.39, 0.29) is 0 Å². The van der Waals surface area contributed by atoms with Crippen LogP contribution in [0.25, 0.3) is 11.4 Å². The van der Waals surface area contributed by atoms with E-state index < -0.39 is 0 Å². The fourth-order valence-corrected chi connectivity index (χ4v) is 3.51. The minimum absolute atomic E-state index is 0.466. The average Bonchev–Trinajstić information content (AvgIpc) is 3.25. The molecule has 3 heterocycles. The van der Waals surface area contributed by atoms with E-state index in [2.05, 4.69) is 50.7 Å². The van der Waals surface area contributed by atoms with Gasteiger partial charge in [-0.2, -0.15) is 4.98 Å². The minimum atomic E-state index is 0.466. The molecule has 0 saturated carbocycles. The zero-order chi connectivity index (χ0) is 17.2. The molecule has 4 rings (SSSR count). The van der Waals surface area contributed by atoms with Crippen molar-refractivity contribution in [3.05, 3.63) is 53.9 Å². The molecule has 2 aromatic heterocycles. The van der Waals surface area contributed by atoms with Gasteiger partial charge >= 0.3 is 0 Å². The van der Waals surface area contributed by atoms with E-state index in [0.717, 1.165) is 30.9 Å². The minimum Gasteiger partial charge on any atom is -0.338 e. The Morgan fingerprint density at radius 3 is 2.84 bits per heavy atom. The van der Waals surface area contributed by atoms with Gasteiger partial charge in [0.1, 0.15) is 5.82 Å². The predicted octanol–water partition coefficient (Wildman–Crippen LogP) is 3.16. The summed E-state index contributed by atoms with van der Waals surface area (Å²) in [6, 6.07) is 8.19. The van der Waals surface area contributed by atoms with Crippen LogP contribution < -0.4 is 0 Å². The summed E-state index contributed by atoms with van der Waals surface area (Å²) in [5.74, 6) is 2.97. The maximum atomic E-state index is 5.48. The van der Waals surface area contributed by atoms with Crippen molar-refractivity contribution in [2.75, 3.05) is 13.1 Å². The third-order valence-electron chi connectivity index (χ3n) is 4.87. The van der Waals surface area contributed by atoms with Crippen LogP contribution in [0.4, 0.5) is 0 Å². The van der Waals surface area contributed by atoms with Gasteiger partial charge in [-0.15, -0.1) is 0 Å². The zero-order valence-electron chi connectivity index (χ0n) is 14.7. The zero-order valence-corrected chi connectivity index (χ0v) is 14.7. The van der Waals surface area contributed by atoms with Gasteiger partial charge in [-0.1, -0.05) is 35.0 Å². The summed E-state index contributed by atoms with van der Waals surface area (Å²) in [4.78, 5) is 11.5. The largest absolute Gasteiger partial charge is 0.338 e. The molecular formula is C19H23N5O. The Morgan fingerprint density at radius 1 is 1.24 bits per heavy atom. The van der Waals surface area contributed by atoms with Crippen LogP contribution in [0.1, 0.15) is 36.0 Å². The highest BCUT2D eigenvalue weighted by Gasteiger charge is 2.25. The summed E-state index contributed by atoms with van der Waals surface area (Å²) in [6.45, 7) is 4.80. The van der Waals surface area contributed by atoms with Crippen molar-refractivity contribution >= 4 is 0 Å². The number of imidazole rings is 1. The lowest BCUT2D eigenvalue weighted by Gasteiger charge is -2.31. The quantitative estimate of drug-likeness (QED) is 0.732. The third kappa shape index (κ3) is 3.49. The van der Waals surface area contributed by atoms with Crippen LogP contribution in [0.5, 0.6) is 0 Å². The highest BCUT2D eigenvalue weighted by Crippen LogP contribution is 2.26. The van der Waals surface area contributed by atoms with Crippen molar-refractivity contribution < 1.29 is 4.52 Å². The van der Waals surface area contributed by atoms with Crippen LogP contribution in [0.2, 0.25) is 0 Å². The number of hydrogen-bond acceptors (Lipinski definition) is 5. The standard InChI is InChI=1S/C19H23N5O/c1-14-5-7-15(8-6-14)18-21-17(25-22-18)13-24-10-3-4-16(12-24)19-20-9-11-23(19)2/h5-9,11,16H,3-4,10,12-13H2,1-2H3. The van der Waals surface area contributed by atoms with Crippen molar-refractivity contribution in [1.29, 1.82) is 0 Å². The second-order valence-corrected chi connectivity index (χ2v) is 6.85. The van der Waals surface area contributed by atoms with Crippen LogP contribution in [-0.4, -0.2) is 37.7 Å². The monoisotopic (exact) mass is 337 g/mol. The number of benzene rings is 1. The van der Waals surface area contributed by atoms with Crippen molar-refractivity contribution in [2.45, 2.75) is 32.2 Å². The number of aromatic nitrogens is 4. The maximum absolute atomic E-state index is 5.48. The molecule has 1 saturated heterocycles. The van der Waals surface area contributed by atoms with Gasteiger partial charge in [0, 0.05) is 37.5 Å². The van der Waals surface area contributed by atoms with Crippen molar-refractivity contribution in [1.82, 2.24) is 24.6 Å². The van der Waals surface area contributed by atoms with Gasteiger partial charge in [0.05, 0.1) is 6.54 Å². The Balaban J connectivity index is 1.44. The number of nitrogens with zero attached hydrogens (tertiary/aromatic N) is 5. The van der Waals surface area contributed by atoms with Crippen LogP contribution in [0.3, 0.4) is 0 Å². The summed E-state index contributed by atoms with van der Waals surface area (Å²) in [5.41, 5.74) is 2.21. The fraction of sp³-hybridized carbons (Fsp3) is 0.421. The molecule has 0 N–H and O–H groups in total. The number of rotatable bonds is 4. The van der Waals surface area contributed by atoms with E-state index in [1.54, 1.807) is 0 Å². The van der Waals surface area contributed by atoms with Gasteiger partial charge in [-0.3, -0.25) is 4.90 Å². The smallest absolute Gasteiger partial charge is 0.241 e. The highest BCUT2D eigenvalue weighted by atomic mass is 16.5. The first kappa shape index (κ1) is 16.0. The van der Waals surface area contributed by atoms with E-state index in [0.29, 0.717) is 24.2 Å². The molecule has 1 unspecified atom stereocenters. The first-order valence-corrected chi connectivity index (χ1v) is 8.78. The first-order chi connectivity index (χ1) is 12.2. The Morgan fingerprint density at radius 2 is 2.08 bits per heavy atom. The van der Waals surface area contributed by atoms with Gasteiger partial charge in [0.15, 0.2) is 0 Å². The summed E-state index contributed by atoms with van der Waals surface area (Å²) >= 11 is 0. The average molecular weight is 337 g/mol. The van der Waals surface area contributed by atoms with E-state index in [9.17, 15) is 0 Å². The molecular weight excluding hydrogens is 314 g/mol. The second kappa shape index (κ2) is 6.80. The second-order valence-electron chi connectivity index (χ2n) is 6.85. The lowest BCUT2D eigenvalue weighted by molar-refractivity contribution is 0.173. The van der Waals surface area contributed by atoms with E-state index in [1.165, 1.54) is 12.0 Å². The molecule has 25 heavy (non-hydrogen) atoms. The summed E-state index contributed by atoms with van der Waals surface area (Å²) in [5, 5.41) is 4.14. The van der Waals surface area contributed by atoms with E-state index >= 15 is 0 Å². The molecule has 1 aromatic carbocycles. The van der Waals surface area contributed by atoms with Gasteiger partial charge < -0.3 is 9.09 Å². The number of piperidine rings is 1. The normalized spacial score (nSPS) is 18.6. The number of hydrogen-bond donors (Lipinski definition) is 0. The van der Waals surface area contributed by atoms with Gasteiger partial charge in [-0.25, -0.2) is 4.98 Å². The highest BCUT2D eigenvalue weighted by molar-refractivity contribution is 5.54. The SMILES string of the molecule is Cc1ccc(-c2noc(CN3CCCC(c4nccn4C)C3)n2)cc1. The molecule has 3 aromatic rings. The molecule has 130 valence electrons. The molecule has 6 heteroatoms. The lowest BCUT2D eigenvalue weighted by atomic mass is 9.97. The van der Waals surface area contributed by atoms with Crippen molar-refractivity contribution in [2.24, 2.45) is 7.05 Å². The predicted molar refractivity (Wildman–Crippen MR) is 94.9 cm³/mol. The molecule has 0 bridgehead atoms. The maximum Gasteiger partial charge on any atom is 0.241 e. The van der Waals surface area contributed by atoms with Crippen LogP contribution >= 0.6 is 0 Å². The van der Waals surface area contributed by atoms with Crippen LogP contribution in [0, 0.1) is 6.92 Å². The molecule has 0 spiro atoms. The molecule has 1 aliphatic heterocycles. The molecule has 0 amide bonds. The van der Waals surface area contributed by atoms with Gasteiger partial charge in [0.25, 0.3) is 0 Å². The Hall–Kier alpha value is -2.47. The molecule has 0 aliphatic carbocycles. The van der Waals surface area contributed by atoms with Crippen LogP contribution in [-0.2, 0) is 13.6 Å². The molecule has 1 aliphatic rings. The summed E-state index contributed by atoms with van der Waals surface area (Å²) in [6.07, 6.45) is 6.23. The van der Waals surface area contributed by atoms with Crippen LogP contribution in [0.15, 0.2) is 41.2 Å². The number of aryl methyl sites for hydroxylation is 2. The van der Waals surface area contributed by atoms with Gasteiger partial charge in [-0.05, 0) is 26.3 Å². The van der Waals surface area contributed by atoms with Crippen molar-refractivity contribution in [3.63, 3.8) is 0 Å². The topological polar surface area (TPSA) is 60.0 Å². The lowest BCUT2D eigenvalue weighted by Crippen LogP contribution is -2.34. The Kier molecular flexibility index (Phi) is 4.36. The van der Waals surface area contributed by atoms with Crippen molar-refractivity contribution in [3.8, 4) is 11.4 Å².